The highest BCUT2D eigenvalue weighted by atomic mass is 19.1. The molecule has 7 nitrogen and oxygen atoms in total. The minimum Gasteiger partial charge on any atom is -0.477 e. The molecule has 2 saturated heterocycles. The fraction of sp³-hybridized carbons (Fsp3) is 0.524. The minimum absolute atomic E-state index is 0.238. The number of halogens is 1. The molecule has 5 rings (SSSR count). The van der Waals surface area contributed by atoms with Gasteiger partial charge >= 0.3 is 5.97 Å². The van der Waals surface area contributed by atoms with Crippen molar-refractivity contribution in [3.05, 3.63) is 39.7 Å². The number of hydrogen-bond acceptors (Lipinski definition) is 5. The number of carboxylic acid groups (broad SMARTS) is 1. The largest absolute Gasteiger partial charge is 0.477 e. The van der Waals surface area contributed by atoms with E-state index in [1.807, 2.05) is 13.0 Å². The van der Waals surface area contributed by atoms with Crippen molar-refractivity contribution in [1.29, 1.82) is 0 Å². The maximum Gasteiger partial charge on any atom is 0.341 e. The SMILES string of the molecule is Cc1c(N2C[C@@H]3COCC[C@@]3(N)C2)ccc2c(=O)c(C(=O)O)cn([C@@H]3C[C@@H]3F)c12. The lowest BCUT2D eigenvalue weighted by molar-refractivity contribution is 0.0241. The van der Waals surface area contributed by atoms with E-state index in [2.05, 4.69) is 4.90 Å². The monoisotopic (exact) mass is 401 g/mol. The van der Waals surface area contributed by atoms with Crippen LogP contribution in [0.1, 0.15) is 34.8 Å². The maximum atomic E-state index is 13.9. The van der Waals surface area contributed by atoms with Crippen LogP contribution in [0.3, 0.4) is 0 Å². The van der Waals surface area contributed by atoms with E-state index in [-0.39, 0.29) is 17.0 Å². The van der Waals surface area contributed by atoms with Crippen molar-refractivity contribution < 1.29 is 19.0 Å². The van der Waals surface area contributed by atoms with Gasteiger partial charge in [0.2, 0.25) is 5.43 Å². The molecule has 3 heterocycles. The quantitative estimate of drug-likeness (QED) is 0.815. The van der Waals surface area contributed by atoms with Crippen molar-refractivity contribution in [1.82, 2.24) is 4.57 Å². The van der Waals surface area contributed by atoms with Crippen molar-refractivity contribution in [2.45, 2.75) is 37.5 Å². The van der Waals surface area contributed by atoms with E-state index in [1.54, 1.807) is 10.6 Å². The zero-order valence-corrected chi connectivity index (χ0v) is 16.2. The second kappa shape index (κ2) is 6.27. The molecular weight excluding hydrogens is 377 g/mol. The van der Waals surface area contributed by atoms with Crippen molar-refractivity contribution in [3.63, 3.8) is 0 Å². The van der Waals surface area contributed by atoms with Crippen LogP contribution in [0.5, 0.6) is 0 Å². The minimum atomic E-state index is -1.29. The van der Waals surface area contributed by atoms with Crippen LogP contribution in [0, 0.1) is 12.8 Å². The Bertz CT molecular complexity index is 1080. The molecule has 4 atom stereocenters. The highest BCUT2D eigenvalue weighted by Gasteiger charge is 2.46. The van der Waals surface area contributed by atoms with Gasteiger partial charge in [-0.1, -0.05) is 0 Å². The Labute approximate surface area is 166 Å². The Balaban J connectivity index is 1.66. The molecule has 3 N–H and O–H groups in total. The van der Waals surface area contributed by atoms with Crippen LogP contribution in [0.15, 0.2) is 23.1 Å². The van der Waals surface area contributed by atoms with Crippen LogP contribution in [-0.2, 0) is 4.74 Å². The Kier molecular flexibility index (Phi) is 4.02. The van der Waals surface area contributed by atoms with Crippen molar-refractivity contribution in [2.24, 2.45) is 11.7 Å². The summed E-state index contributed by atoms with van der Waals surface area (Å²) in [7, 11) is 0. The average Bonchev–Trinajstić information content (AvgIpc) is 3.28. The molecule has 2 aromatic rings. The lowest BCUT2D eigenvalue weighted by Gasteiger charge is -2.34. The van der Waals surface area contributed by atoms with Crippen LogP contribution in [0.25, 0.3) is 10.9 Å². The number of benzene rings is 1. The third-order valence-corrected chi connectivity index (χ3v) is 6.80. The number of nitrogens with two attached hydrogens (primary N) is 1. The molecule has 2 aliphatic heterocycles. The number of fused-ring (bicyclic) bond motifs is 2. The fourth-order valence-electron chi connectivity index (χ4n) is 4.98. The molecule has 0 spiro atoms. The number of aromatic carboxylic acids is 1. The molecule has 1 aliphatic carbocycles. The van der Waals surface area contributed by atoms with Crippen LogP contribution in [-0.4, -0.2) is 53.7 Å². The molecule has 0 bridgehead atoms. The zero-order chi connectivity index (χ0) is 20.5. The number of carboxylic acids is 1. The molecule has 3 aliphatic rings. The summed E-state index contributed by atoms with van der Waals surface area (Å²) in [6.07, 6.45) is 1.41. The van der Waals surface area contributed by atoms with Crippen LogP contribution >= 0.6 is 0 Å². The van der Waals surface area contributed by atoms with E-state index >= 15 is 0 Å². The van der Waals surface area contributed by atoms with Crippen LogP contribution in [0.4, 0.5) is 10.1 Å². The van der Waals surface area contributed by atoms with E-state index in [0.717, 1.165) is 24.2 Å². The molecule has 8 heteroatoms. The van der Waals surface area contributed by atoms with Crippen molar-refractivity contribution in [3.8, 4) is 0 Å². The van der Waals surface area contributed by atoms with Gasteiger partial charge in [0.25, 0.3) is 0 Å². The Morgan fingerprint density at radius 2 is 2.17 bits per heavy atom. The first kappa shape index (κ1) is 18.6. The molecule has 0 radical (unpaired) electrons. The molecule has 0 amide bonds. The Hall–Kier alpha value is -2.45. The summed E-state index contributed by atoms with van der Waals surface area (Å²) in [5.41, 5.74) is 7.89. The smallest absolute Gasteiger partial charge is 0.341 e. The highest BCUT2D eigenvalue weighted by molar-refractivity contribution is 5.95. The number of hydrogen-bond donors (Lipinski definition) is 2. The molecule has 1 saturated carbocycles. The van der Waals surface area contributed by atoms with E-state index in [9.17, 15) is 19.1 Å². The number of aryl methyl sites for hydroxylation is 1. The summed E-state index contributed by atoms with van der Waals surface area (Å²) in [6.45, 7) is 4.66. The van der Waals surface area contributed by atoms with Gasteiger partial charge in [0, 0.05) is 54.8 Å². The third-order valence-electron chi connectivity index (χ3n) is 6.80. The molecule has 1 aromatic carbocycles. The van der Waals surface area contributed by atoms with Crippen LogP contribution < -0.4 is 16.1 Å². The van der Waals surface area contributed by atoms with Crippen molar-refractivity contribution >= 4 is 22.6 Å². The number of aromatic nitrogens is 1. The lowest BCUT2D eigenvalue weighted by atomic mass is 9.84. The van der Waals surface area contributed by atoms with Gasteiger partial charge in [-0.25, -0.2) is 9.18 Å². The van der Waals surface area contributed by atoms with Gasteiger partial charge < -0.3 is 25.0 Å². The Morgan fingerprint density at radius 3 is 2.83 bits per heavy atom. The van der Waals surface area contributed by atoms with Crippen molar-refractivity contribution in [2.75, 3.05) is 31.2 Å². The lowest BCUT2D eigenvalue weighted by Crippen LogP contribution is -2.52. The average molecular weight is 401 g/mol. The zero-order valence-electron chi connectivity index (χ0n) is 16.2. The van der Waals surface area contributed by atoms with Gasteiger partial charge in [-0.3, -0.25) is 4.79 Å². The molecular formula is C21H24FN3O4. The van der Waals surface area contributed by atoms with Gasteiger partial charge in [-0.05, 0) is 31.0 Å². The first-order valence-electron chi connectivity index (χ1n) is 9.97. The van der Waals surface area contributed by atoms with E-state index in [0.29, 0.717) is 37.1 Å². The summed E-state index contributed by atoms with van der Waals surface area (Å²) >= 11 is 0. The number of carbonyl (C=O) groups is 1. The molecule has 1 aromatic heterocycles. The summed E-state index contributed by atoms with van der Waals surface area (Å²) in [5, 5.41) is 9.73. The van der Waals surface area contributed by atoms with E-state index in [1.165, 1.54) is 6.20 Å². The van der Waals surface area contributed by atoms with Gasteiger partial charge in [-0.15, -0.1) is 0 Å². The first-order valence-corrected chi connectivity index (χ1v) is 9.97. The van der Waals surface area contributed by atoms with Gasteiger partial charge in [-0.2, -0.15) is 0 Å². The summed E-state index contributed by atoms with van der Waals surface area (Å²) in [4.78, 5) is 26.5. The van der Waals surface area contributed by atoms with Gasteiger partial charge in [0.15, 0.2) is 0 Å². The van der Waals surface area contributed by atoms with E-state index < -0.39 is 23.6 Å². The number of nitrogens with zero attached hydrogens (tertiary/aromatic N) is 2. The highest BCUT2D eigenvalue weighted by Crippen LogP contribution is 2.43. The van der Waals surface area contributed by atoms with E-state index in [4.69, 9.17) is 10.5 Å². The first-order chi connectivity index (χ1) is 13.8. The summed E-state index contributed by atoms with van der Waals surface area (Å²) in [5.74, 6) is -1.06. The fourth-order valence-corrected chi connectivity index (χ4v) is 4.98. The second-order valence-corrected chi connectivity index (χ2v) is 8.64. The van der Waals surface area contributed by atoms with Crippen LogP contribution in [0.2, 0.25) is 0 Å². The van der Waals surface area contributed by atoms with Gasteiger partial charge in [0.05, 0.1) is 18.2 Å². The predicted molar refractivity (Wildman–Crippen MR) is 107 cm³/mol. The number of alkyl halides is 1. The van der Waals surface area contributed by atoms with Gasteiger partial charge in [0.1, 0.15) is 11.7 Å². The number of ether oxygens (including phenoxy) is 1. The second-order valence-electron chi connectivity index (χ2n) is 8.64. The number of pyridine rings is 1. The number of rotatable bonds is 3. The molecule has 29 heavy (non-hydrogen) atoms. The standard InChI is InChI=1S/C21H24FN3O4/c1-11-16(24-7-12-9-29-5-4-21(12,23)10-24)3-2-13-18(11)25(17-6-15(17)22)8-14(19(13)26)20(27)28/h2-3,8,12,15,17H,4-7,9-10,23H2,1H3,(H,27,28)/t12-,15+,17-,21-/m1/s1. The normalized spacial score (nSPS) is 31.1. The topological polar surface area (TPSA) is 97.8 Å². The number of anilines is 1. The predicted octanol–water partition coefficient (Wildman–Crippen LogP) is 1.85. The Morgan fingerprint density at radius 1 is 1.41 bits per heavy atom. The molecule has 3 fully saturated rings. The third kappa shape index (κ3) is 2.77. The molecule has 154 valence electrons. The summed E-state index contributed by atoms with van der Waals surface area (Å²) in [6, 6.07) is 3.09. The summed E-state index contributed by atoms with van der Waals surface area (Å²) < 4.78 is 21.2. The molecule has 0 unspecified atom stereocenters. The maximum absolute atomic E-state index is 13.9.